The van der Waals surface area contributed by atoms with E-state index in [0.717, 1.165) is 25.1 Å². The summed E-state index contributed by atoms with van der Waals surface area (Å²) in [6, 6.07) is 7.85. The number of alkyl halides is 5. The molecule has 0 aliphatic carbocycles. The highest BCUT2D eigenvalue weighted by Crippen LogP contribution is 2.34. The fourth-order valence-electron chi connectivity index (χ4n) is 3.31. The Morgan fingerprint density at radius 3 is 2.35 bits per heavy atom. The highest BCUT2D eigenvalue weighted by Gasteiger charge is 2.32. The molecule has 3 aromatic heterocycles. The van der Waals surface area contributed by atoms with Crippen LogP contribution in [0.1, 0.15) is 24.2 Å². The lowest BCUT2D eigenvalue weighted by Crippen LogP contribution is -2.28. The van der Waals surface area contributed by atoms with Crippen LogP contribution in [0.2, 0.25) is 0 Å². The van der Waals surface area contributed by atoms with Crippen molar-refractivity contribution < 1.29 is 26.7 Å². The Bertz CT molecular complexity index is 1150. The minimum absolute atomic E-state index is 0.0285. The molecule has 0 amide bonds. The molecule has 0 radical (unpaired) electrons. The fourth-order valence-corrected chi connectivity index (χ4v) is 3.47. The van der Waals surface area contributed by atoms with Crippen molar-refractivity contribution in [3.63, 3.8) is 0 Å². The third-order valence-corrected chi connectivity index (χ3v) is 5.24. The number of hydrogen-bond donors (Lipinski definition) is 2. The molecule has 1 saturated heterocycles. The van der Waals surface area contributed by atoms with Gasteiger partial charge in [-0.3, -0.25) is 4.98 Å². The first-order valence-corrected chi connectivity index (χ1v) is 10.8. The van der Waals surface area contributed by atoms with Gasteiger partial charge in [-0.15, -0.1) is 0 Å². The molecule has 0 spiro atoms. The van der Waals surface area contributed by atoms with E-state index in [4.69, 9.17) is 4.74 Å². The molecular formula is C21H20F5N6OP. The number of pyridine rings is 2. The van der Waals surface area contributed by atoms with E-state index in [9.17, 15) is 22.0 Å². The predicted octanol–water partition coefficient (Wildman–Crippen LogP) is 5.21. The average molecular weight is 498 g/mol. The van der Waals surface area contributed by atoms with Gasteiger partial charge in [0.1, 0.15) is 28.7 Å². The number of rotatable bonds is 6. The maximum absolute atomic E-state index is 13.8. The molecule has 7 nitrogen and oxygen atoms in total. The number of halogens is 5. The van der Waals surface area contributed by atoms with Crippen LogP contribution in [0.25, 0.3) is 11.5 Å². The van der Waals surface area contributed by atoms with Gasteiger partial charge >= 0.3 is 6.18 Å². The minimum Gasteiger partial charge on any atom is -0.381 e. The summed E-state index contributed by atoms with van der Waals surface area (Å²) in [5.41, 5.74) is -4.62. The van der Waals surface area contributed by atoms with Crippen molar-refractivity contribution in [3.8, 4) is 11.5 Å². The molecule has 4 heterocycles. The normalized spacial score (nSPS) is 15.2. The van der Waals surface area contributed by atoms with Gasteiger partial charge in [0, 0.05) is 37.2 Å². The Kier molecular flexibility index (Phi) is 6.90. The van der Waals surface area contributed by atoms with Crippen LogP contribution in [-0.4, -0.2) is 39.2 Å². The van der Waals surface area contributed by atoms with Crippen LogP contribution in [0.5, 0.6) is 0 Å². The molecule has 1 fully saturated rings. The summed E-state index contributed by atoms with van der Waals surface area (Å²) >= 11 is 0. The molecule has 34 heavy (non-hydrogen) atoms. The maximum atomic E-state index is 13.8. The largest absolute Gasteiger partial charge is 0.433 e. The van der Waals surface area contributed by atoms with E-state index in [1.54, 1.807) is 0 Å². The van der Waals surface area contributed by atoms with E-state index >= 15 is 0 Å². The van der Waals surface area contributed by atoms with Crippen molar-refractivity contribution in [2.45, 2.75) is 30.7 Å². The van der Waals surface area contributed by atoms with Crippen molar-refractivity contribution in [2.24, 2.45) is 0 Å². The Hall–Kier alpha value is -2.98. The van der Waals surface area contributed by atoms with Crippen LogP contribution in [0.15, 0.2) is 42.6 Å². The van der Waals surface area contributed by atoms with Crippen LogP contribution in [0, 0.1) is 0 Å². The number of anilines is 3. The van der Waals surface area contributed by atoms with Crippen LogP contribution >= 0.6 is 9.24 Å². The van der Waals surface area contributed by atoms with Gasteiger partial charge in [0.15, 0.2) is 5.82 Å². The van der Waals surface area contributed by atoms with Gasteiger partial charge in [0.25, 0.3) is 5.66 Å². The first-order valence-electron chi connectivity index (χ1n) is 10.3. The van der Waals surface area contributed by atoms with E-state index < -0.39 is 23.2 Å². The van der Waals surface area contributed by atoms with Crippen molar-refractivity contribution in [2.75, 3.05) is 23.8 Å². The summed E-state index contributed by atoms with van der Waals surface area (Å²) < 4.78 is 72.0. The highest BCUT2D eigenvalue weighted by atomic mass is 31.0. The van der Waals surface area contributed by atoms with E-state index in [2.05, 4.69) is 30.6 Å². The second-order valence-corrected chi connectivity index (χ2v) is 8.30. The summed E-state index contributed by atoms with van der Waals surface area (Å²) in [4.78, 5) is 16.0. The lowest BCUT2D eigenvalue weighted by molar-refractivity contribution is -0.141. The first-order chi connectivity index (χ1) is 16.1. The quantitative estimate of drug-likeness (QED) is 0.357. The van der Waals surface area contributed by atoms with Gasteiger partial charge in [-0.1, -0.05) is 15.3 Å². The van der Waals surface area contributed by atoms with Crippen LogP contribution in [0.3, 0.4) is 0 Å². The van der Waals surface area contributed by atoms with Gasteiger partial charge in [-0.25, -0.2) is 15.0 Å². The monoisotopic (exact) mass is 498 g/mol. The Labute approximate surface area is 193 Å². The van der Waals surface area contributed by atoms with Gasteiger partial charge in [-0.2, -0.15) is 22.0 Å². The van der Waals surface area contributed by atoms with Gasteiger partial charge in [0.05, 0.1) is 0 Å². The smallest absolute Gasteiger partial charge is 0.381 e. The maximum Gasteiger partial charge on any atom is 0.433 e. The third-order valence-electron chi connectivity index (χ3n) is 4.94. The molecule has 180 valence electrons. The second-order valence-electron chi connectivity index (χ2n) is 7.58. The second kappa shape index (κ2) is 9.71. The topological polar surface area (TPSA) is 84.9 Å². The van der Waals surface area contributed by atoms with Crippen LogP contribution in [0.4, 0.5) is 39.3 Å². The molecule has 13 heteroatoms. The molecule has 3 aromatic rings. The van der Waals surface area contributed by atoms with E-state index in [1.807, 2.05) is 0 Å². The first kappa shape index (κ1) is 24.2. The van der Waals surface area contributed by atoms with Crippen molar-refractivity contribution in [3.05, 3.63) is 54.0 Å². The number of hydrogen-bond acceptors (Lipinski definition) is 7. The van der Waals surface area contributed by atoms with Crippen molar-refractivity contribution >= 4 is 26.6 Å². The SMILES string of the molecule is FC(F)(F)c1cc(Nc2cc(NC3CCOCC3)nc(-c3cccc(C(F)(F)P)n3)n2)ccn1. The highest BCUT2D eigenvalue weighted by molar-refractivity contribution is 7.17. The molecule has 0 bridgehead atoms. The lowest BCUT2D eigenvalue weighted by atomic mass is 10.1. The van der Waals surface area contributed by atoms with E-state index in [1.165, 1.54) is 39.6 Å². The molecule has 0 aromatic carbocycles. The Balaban J connectivity index is 1.70. The van der Waals surface area contributed by atoms with Gasteiger partial charge in [0.2, 0.25) is 0 Å². The zero-order valence-electron chi connectivity index (χ0n) is 17.6. The van der Waals surface area contributed by atoms with Crippen LogP contribution in [-0.2, 0) is 16.6 Å². The predicted molar refractivity (Wildman–Crippen MR) is 119 cm³/mol. The summed E-state index contributed by atoms with van der Waals surface area (Å²) in [6.45, 7) is 1.15. The number of ether oxygens (including phenoxy) is 1. The third kappa shape index (κ3) is 6.12. The molecule has 2 N–H and O–H groups in total. The Morgan fingerprint density at radius 1 is 0.912 bits per heavy atom. The van der Waals surface area contributed by atoms with E-state index in [0.29, 0.717) is 19.0 Å². The summed E-state index contributed by atoms with van der Waals surface area (Å²) in [7, 11) is 1.42. The molecule has 1 aliphatic heterocycles. The zero-order valence-corrected chi connectivity index (χ0v) is 18.8. The number of aromatic nitrogens is 4. The van der Waals surface area contributed by atoms with Crippen LogP contribution < -0.4 is 10.6 Å². The fraction of sp³-hybridized carbons (Fsp3) is 0.333. The lowest BCUT2D eigenvalue weighted by Gasteiger charge is -2.24. The molecule has 0 saturated carbocycles. The molecule has 1 atom stereocenters. The molecule has 1 aliphatic rings. The number of nitrogens with one attached hydrogen (secondary N) is 2. The summed E-state index contributed by atoms with van der Waals surface area (Å²) in [5, 5.41) is 6.07. The van der Waals surface area contributed by atoms with Crippen molar-refractivity contribution in [1.82, 2.24) is 19.9 Å². The Morgan fingerprint density at radius 2 is 1.65 bits per heavy atom. The molecule has 4 rings (SSSR count). The summed E-state index contributed by atoms with van der Waals surface area (Å²) in [6.07, 6.45) is -2.12. The number of nitrogens with zero attached hydrogens (tertiary/aromatic N) is 4. The average Bonchev–Trinajstić information content (AvgIpc) is 2.79. The van der Waals surface area contributed by atoms with Crippen molar-refractivity contribution in [1.29, 1.82) is 0 Å². The van der Waals surface area contributed by atoms with Gasteiger partial charge in [-0.05, 0) is 37.1 Å². The van der Waals surface area contributed by atoms with E-state index in [-0.39, 0.29) is 29.1 Å². The molecule has 1 unspecified atom stereocenters. The zero-order chi connectivity index (χ0) is 24.3. The summed E-state index contributed by atoms with van der Waals surface area (Å²) in [5.74, 6) is 0.554. The molecular weight excluding hydrogens is 478 g/mol. The minimum atomic E-state index is -4.61. The standard InChI is InChI=1S/C21H20F5N6OP/c22-20(23,24)16-10-13(4-7-27-16)29-18-11-17(28-12-5-8-33-9-6-12)31-19(32-18)14-2-1-3-15(30-14)21(25,26)34/h1-4,7,10-12H,5-6,8-9,34H2,(H2,27,28,29,31,32). The van der Waals surface area contributed by atoms with Gasteiger partial charge < -0.3 is 15.4 Å².